The number of carbonyl (C=O) groups excluding carboxylic acids is 2. The normalized spacial score (nSPS) is 10.7. The average molecular weight is 353 g/mol. The molecule has 2 aromatic carbocycles. The quantitative estimate of drug-likeness (QED) is 0.715. The van der Waals surface area contributed by atoms with Crippen molar-refractivity contribution in [3.8, 4) is 0 Å². The van der Waals surface area contributed by atoms with Gasteiger partial charge in [-0.05, 0) is 36.8 Å². The molecule has 0 saturated heterocycles. The fourth-order valence-corrected chi connectivity index (χ4v) is 2.72. The van der Waals surface area contributed by atoms with E-state index in [0.29, 0.717) is 12.2 Å². The van der Waals surface area contributed by atoms with E-state index >= 15 is 0 Å². The summed E-state index contributed by atoms with van der Waals surface area (Å²) in [5, 5.41) is 3.70. The summed E-state index contributed by atoms with van der Waals surface area (Å²) in [6.07, 6.45) is 0. The average Bonchev–Trinajstić information content (AvgIpc) is 3.09. The van der Waals surface area contributed by atoms with E-state index in [9.17, 15) is 14.0 Å². The van der Waals surface area contributed by atoms with Crippen LogP contribution in [0.4, 0.5) is 4.39 Å². The zero-order chi connectivity index (χ0) is 18.5. The first-order valence-corrected chi connectivity index (χ1v) is 8.45. The zero-order valence-electron chi connectivity index (χ0n) is 14.5. The summed E-state index contributed by atoms with van der Waals surface area (Å²) in [7, 11) is 0. The zero-order valence-corrected chi connectivity index (χ0v) is 14.5. The van der Waals surface area contributed by atoms with Crippen molar-refractivity contribution < 1.29 is 14.0 Å². The van der Waals surface area contributed by atoms with E-state index in [2.05, 4.69) is 10.3 Å². The third-order valence-electron chi connectivity index (χ3n) is 4.17. The van der Waals surface area contributed by atoms with Gasteiger partial charge in [0.25, 0.3) is 5.91 Å². The van der Waals surface area contributed by atoms with Crippen LogP contribution in [0.5, 0.6) is 0 Å². The van der Waals surface area contributed by atoms with Crippen LogP contribution in [-0.2, 0) is 11.3 Å². The molecular formula is C20H20FN3O2. The van der Waals surface area contributed by atoms with E-state index in [1.165, 1.54) is 17.0 Å². The lowest BCUT2D eigenvalue weighted by Gasteiger charge is -2.19. The lowest BCUT2D eigenvalue weighted by Crippen LogP contribution is -2.40. The maximum absolute atomic E-state index is 12.9. The number of hydrogen-bond acceptors (Lipinski definition) is 2. The highest BCUT2D eigenvalue weighted by molar-refractivity contribution is 5.99. The van der Waals surface area contributed by atoms with Crippen molar-refractivity contribution in [2.75, 3.05) is 13.1 Å². The highest BCUT2D eigenvalue weighted by Crippen LogP contribution is 2.16. The molecule has 2 N–H and O–H groups in total. The molecule has 0 atom stereocenters. The Labute approximate surface area is 150 Å². The minimum Gasteiger partial charge on any atom is -0.351 e. The summed E-state index contributed by atoms with van der Waals surface area (Å²) >= 11 is 0. The molecule has 134 valence electrons. The van der Waals surface area contributed by atoms with Gasteiger partial charge in [-0.15, -0.1) is 0 Å². The van der Waals surface area contributed by atoms with Crippen molar-refractivity contribution in [1.82, 2.24) is 15.2 Å². The molecular weight excluding hydrogens is 333 g/mol. The monoisotopic (exact) mass is 353 g/mol. The van der Waals surface area contributed by atoms with Gasteiger partial charge in [0.1, 0.15) is 11.5 Å². The van der Waals surface area contributed by atoms with Gasteiger partial charge in [0.2, 0.25) is 5.91 Å². The van der Waals surface area contributed by atoms with Crippen molar-refractivity contribution in [3.63, 3.8) is 0 Å². The Kier molecular flexibility index (Phi) is 5.31. The molecule has 26 heavy (non-hydrogen) atoms. The van der Waals surface area contributed by atoms with Gasteiger partial charge in [0.05, 0.1) is 6.54 Å². The molecule has 0 saturated carbocycles. The lowest BCUT2D eigenvalue weighted by molar-refractivity contribution is -0.121. The second kappa shape index (κ2) is 7.82. The lowest BCUT2D eigenvalue weighted by atomic mass is 10.2. The Morgan fingerprint density at radius 3 is 2.54 bits per heavy atom. The topological polar surface area (TPSA) is 65.2 Å². The number of halogens is 1. The molecule has 1 heterocycles. The summed E-state index contributed by atoms with van der Waals surface area (Å²) in [6, 6.07) is 15.3. The number of para-hydroxylation sites is 1. The van der Waals surface area contributed by atoms with Gasteiger partial charge in [-0.2, -0.15) is 0 Å². The summed E-state index contributed by atoms with van der Waals surface area (Å²) in [5.41, 5.74) is 2.14. The number of nitrogens with zero attached hydrogens (tertiary/aromatic N) is 1. The molecule has 0 aliphatic rings. The number of hydrogen-bond donors (Lipinski definition) is 2. The molecule has 0 fully saturated rings. The highest BCUT2D eigenvalue weighted by atomic mass is 19.1. The smallest absolute Gasteiger partial charge is 0.270 e. The number of H-pyrrole nitrogens is 1. The van der Waals surface area contributed by atoms with Crippen LogP contribution < -0.4 is 5.32 Å². The van der Waals surface area contributed by atoms with E-state index in [1.54, 1.807) is 18.2 Å². The van der Waals surface area contributed by atoms with Crippen LogP contribution in [0.25, 0.3) is 10.9 Å². The van der Waals surface area contributed by atoms with Crippen molar-refractivity contribution in [1.29, 1.82) is 0 Å². The number of rotatable bonds is 6. The molecule has 3 rings (SSSR count). The molecule has 2 amide bonds. The van der Waals surface area contributed by atoms with Gasteiger partial charge in [0, 0.05) is 24.0 Å². The van der Waals surface area contributed by atoms with Crippen LogP contribution in [0, 0.1) is 5.82 Å². The summed E-state index contributed by atoms with van der Waals surface area (Å²) in [5.74, 6) is -0.803. The molecule has 0 bridgehead atoms. The van der Waals surface area contributed by atoms with E-state index < -0.39 is 0 Å². The van der Waals surface area contributed by atoms with Gasteiger partial charge < -0.3 is 15.2 Å². The van der Waals surface area contributed by atoms with Crippen LogP contribution in [0.3, 0.4) is 0 Å². The number of benzene rings is 2. The second-order valence-corrected chi connectivity index (χ2v) is 5.99. The van der Waals surface area contributed by atoms with E-state index in [-0.39, 0.29) is 30.7 Å². The maximum Gasteiger partial charge on any atom is 0.270 e. The summed E-state index contributed by atoms with van der Waals surface area (Å²) in [4.78, 5) is 29.4. The number of fused-ring (bicyclic) bond motifs is 1. The van der Waals surface area contributed by atoms with Crippen LogP contribution in [0.2, 0.25) is 0 Å². The maximum atomic E-state index is 12.9. The fourth-order valence-electron chi connectivity index (χ4n) is 2.72. The first-order valence-electron chi connectivity index (χ1n) is 8.45. The number of nitrogens with one attached hydrogen (secondary N) is 2. The first-order chi connectivity index (χ1) is 12.6. The molecule has 1 aromatic heterocycles. The van der Waals surface area contributed by atoms with Gasteiger partial charge in [-0.1, -0.05) is 30.3 Å². The minimum atomic E-state index is -0.318. The highest BCUT2D eigenvalue weighted by Gasteiger charge is 2.19. The van der Waals surface area contributed by atoms with Gasteiger partial charge >= 0.3 is 0 Å². The molecule has 0 aliphatic heterocycles. The Morgan fingerprint density at radius 2 is 1.85 bits per heavy atom. The van der Waals surface area contributed by atoms with Crippen molar-refractivity contribution in [2.45, 2.75) is 13.5 Å². The van der Waals surface area contributed by atoms with Gasteiger partial charge in [0.15, 0.2) is 0 Å². The Bertz CT molecular complexity index is 885. The van der Waals surface area contributed by atoms with Crippen LogP contribution in [0.1, 0.15) is 23.0 Å². The Balaban J connectivity index is 1.61. The van der Waals surface area contributed by atoms with E-state index in [4.69, 9.17) is 0 Å². The van der Waals surface area contributed by atoms with Crippen LogP contribution in [0.15, 0.2) is 54.6 Å². The molecule has 0 spiro atoms. The number of amides is 2. The SMILES string of the molecule is CCN(CC(=O)NCc1ccc(F)cc1)C(=O)c1cc2ccccc2[nH]1. The largest absolute Gasteiger partial charge is 0.351 e. The molecule has 3 aromatic rings. The van der Waals surface area contributed by atoms with Crippen molar-refractivity contribution in [3.05, 3.63) is 71.7 Å². The first kappa shape index (κ1) is 17.7. The molecule has 6 heteroatoms. The van der Waals surface area contributed by atoms with E-state index in [1.807, 2.05) is 31.2 Å². The summed E-state index contributed by atoms with van der Waals surface area (Å²) in [6.45, 7) is 2.50. The van der Waals surface area contributed by atoms with Crippen LogP contribution >= 0.6 is 0 Å². The number of likely N-dealkylation sites (N-methyl/N-ethyl adjacent to an activating group) is 1. The predicted molar refractivity (Wildman–Crippen MR) is 98.1 cm³/mol. The number of carbonyl (C=O) groups is 2. The minimum absolute atomic E-state index is 0.0358. The van der Waals surface area contributed by atoms with Crippen molar-refractivity contribution >= 4 is 22.7 Å². The third kappa shape index (κ3) is 4.08. The van der Waals surface area contributed by atoms with Gasteiger partial charge in [-0.25, -0.2) is 4.39 Å². The van der Waals surface area contributed by atoms with Crippen LogP contribution in [-0.4, -0.2) is 34.8 Å². The predicted octanol–water partition coefficient (Wildman–Crippen LogP) is 3.09. The second-order valence-electron chi connectivity index (χ2n) is 5.99. The molecule has 0 radical (unpaired) electrons. The molecule has 0 unspecified atom stereocenters. The molecule has 5 nitrogen and oxygen atoms in total. The fraction of sp³-hybridized carbons (Fsp3) is 0.200. The molecule has 0 aliphatic carbocycles. The van der Waals surface area contributed by atoms with E-state index in [0.717, 1.165) is 16.5 Å². The Hall–Kier alpha value is -3.15. The standard InChI is InChI=1S/C20H20FN3O2/c1-2-24(13-19(25)22-12-14-7-9-16(21)10-8-14)20(26)18-11-15-5-3-4-6-17(15)23-18/h3-11,23H,2,12-13H2,1H3,(H,22,25). The number of aromatic amines is 1. The van der Waals surface area contributed by atoms with Crippen molar-refractivity contribution in [2.24, 2.45) is 0 Å². The third-order valence-corrected chi connectivity index (χ3v) is 4.17. The Morgan fingerprint density at radius 1 is 1.12 bits per heavy atom. The number of aromatic nitrogens is 1. The summed E-state index contributed by atoms with van der Waals surface area (Å²) < 4.78 is 12.9. The van der Waals surface area contributed by atoms with Gasteiger partial charge in [-0.3, -0.25) is 9.59 Å².